The predicted molar refractivity (Wildman–Crippen MR) is 124 cm³/mol. The Bertz CT molecular complexity index is 1660. The fourth-order valence-electron chi connectivity index (χ4n) is 4.01. The van der Waals surface area contributed by atoms with Crippen molar-refractivity contribution >= 4 is 26.9 Å². The fourth-order valence-corrected chi connectivity index (χ4v) is 5.59. The number of benzene rings is 2. The number of hydrogen-bond donors (Lipinski definition) is 2. The molecule has 9 nitrogen and oxygen atoms in total. The Morgan fingerprint density at radius 1 is 1.13 bits per heavy atom. The van der Waals surface area contributed by atoms with Gasteiger partial charge in [0.05, 0.1) is 23.5 Å². The van der Waals surface area contributed by atoms with Crippen LogP contribution >= 0.6 is 0 Å². The summed E-state index contributed by atoms with van der Waals surface area (Å²) in [5, 5.41) is 12.5. The molecule has 0 saturated carbocycles. The highest BCUT2D eigenvalue weighted by Crippen LogP contribution is 2.36. The Labute approximate surface area is 212 Å². The van der Waals surface area contributed by atoms with E-state index in [0.29, 0.717) is 6.07 Å². The molecule has 1 aliphatic heterocycles. The first-order valence-corrected chi connectivity index (χ1v) is 12.6. The maximum atomic E-state index is 13.5. The fraction of sp³-hybridized carbons (Fsp3) is 0.208. The highest BCUT2D eigenvalue weighted by Gasteiger charge is 2.44. The lowest BCUT2D eigenvalue weighted by atomic mass is 10.1. The van der Waals surface area contributed by atoms with Crippen LogP contribution in [0.4, 0.5) is 17.6 Å². The Morgan fingerprint density at radius 3 is 2.61 bits per heavy atom. The summed E-state index contributed by atoms with van der Waals surface area (Å²) in [5.74, 6) is -1.78. The summed E-state index contributed by atoms with van der Waals surface area (Å²) in [5.41, 5.74) is -0.393. The number of hydrogen-bond acceptors (Lipinski definition) is 7. The average molecular weight is 550 g/mol. The molecule has 0 spiro atoms. The Hall–Kier alpha value is -4.04. The molecule has 1 atom stereocenters. The number of fused-ring (bicyclic) bond motifs is 1. The smallest absolute Gasteiger partial charge is 0.416 e. The molecule has 4 aromatic rings. The summed E-state index contributed by atoms with van der Waals surface area (Å²) in [6.45, 7) is -0.0548. The number of carbonyl (C=O) groups excluding carboxylic acids is 1. The number of nitrogens with zero attached hydrogens (tertiary/aromatic N) is 3. The highest BCUT2D eigenvalue weighted by molar-refractivity contribution is 7.89. The van der Waals surface area contributed by atoms with Crippen molar-refractivity contribution < 1.29 is 40.3 Å². The quantitative estimate of drug-likeness (QED) is 0.350. The molecule has 1 fully saturated rings. The van der Waals surface area contributed by atoms with Gasteiger partial charge >= 0.3 is 6.18 Å². The Morgan fingerprint density at radius 2 is 1.92 bits per heavy atom. The van der Waals surface area contributed by atoms with Gasteiger partial charge in [-0.3, -0.25) is 4.79 Å². The molecule has 0 aliphatic carbocycles. The van der Waals surface area contributed by atoms with Gasteiger partial charge in [0.25, 0.3) is 10.0 Å². The molecule has 3 heterocycles. The molecule has 1 unspecified atom stereocenters. The molecular formula is C24H18F4N4O5S. The number of furan rings is 1. The van der Waals surface area contributed by atoms with Crippen LogP contribution in [0.1, 0.15) is 17.7 Å². The molecule has 2 aromatic heterocycles. The van der Waals surface area contributed by atoms with Gasteiger partial charge in [0, 0.05) is 23.6 Å². The van der Waals surface area contributed by atoms with Gasteiger partial charge in [-0.25, -0.2) is 22.8 Å². The van der Waals surface area contributed by atoms with E-state index >= 15 is 0 Å². The zero-order valence-electron chi connectivity index (χ0n) is 19.2. The van der Waals surface area contributed by atoms with Crippen LogP contribution in [0.25, 0.3) is 22.2 Å². The van der Waals surface area contributed by atoms with Crippen LogP contribution in [0.3, 0.4) is 0 Å². The normalized spacial score (nSPS) is 16.4. The van der Waals surface area contributed by atoms with E-state index in [1.165, 1.54) is 18.2 Å². The van der Waals surface area contributed by atoms with E-state index in [2.05, 4.69) is 15.3 Å². The van der Waals surface area contributed by atoms with Crippen molar-refractivity contribution in [3.05, 3.63) is 71.9 Å². The molecular weight excluding hydrogens is 532 g/mol. The van der Waals surface area contributed by atoms with Gasteiger partial charge in [-0.05, 0) is 48.9 Å². The number of phenolic OH excluding ortho intramolecular Hbond substituents is 1. The van der Waals surface area contributed by atoms with E-state index in [1.807, 2.05) is 0 Å². The number of aromatic hydroxyl groups is 1. The number of amides is 1. The average Bonchev–Trinajstić information content (AvgIpc) is 3.25. The van der Waals surface area contributed by atoms with Crippen molar-refractivity contribution in [3.8, 4) is 17.0 Å². The zero-order chi connectivity index (χ0) is 27.2. The van der Waals surface area contributed by atoms with E-state index in [-0.39, 0.29) is 47.4 Å². The number of alkyl halides is 3. The van der Waals surface area contributed by atoms with Crippen molar-refractivity contribution in [1.29, 1.82) is 0 Å². The summed E-state index contributed by atoms with van der Waals surface area (Å²) >= 11 is 0. The van der Waals surface area contributed by atoms with Gasteiger partial charge in [-0.15, -0.1) is 0 Å². The van der Waals surface area contributed by atoms with Gasteiger partial charge in [0.2, 0.25) is 11.0 Å². The molecule has 2 aromatic carbocycles. The summed E-state index contributed by atoms with van der Waals surface area (Å²) in [7, 11) is -4.17. The minimum Gasteiger partial charge on any atom is -0.507 e. The second kappa shape index (κ2) is 9.36. The summed E-state index contributed by atoms with van der Waals surface area (Å²) in [6.07, 6.45) is -3.24. The third-order valence-electron chi connectivity index (χ3n) is 6.06. The monoisotopic (exact) mass is 550 g/mol. The van der Waals surface area contributed by atoms with E-state index in [0.717, 1.165) is 34.9 Å². The number of nitrogens with one attached hydrogen (secondary N) is 1. The number of aromatic nitrogens is 2. The Kier molecular flexibility index (Phi) is 6.31. The first-order valence-electron chi connectivity index (χ1n) is 11.1. The SMILES string of the molecule is O=C(NCc1cc(-c2ccc(C(F)(F)F)cc2O)ncn1)C1CCN1S(=O)(=O)c1cc2cc(F)ccc2o1. The van der Waals surface area contributed by atoms with Crippen LogP contribution in [0.2, 0.25) is 0 Å². The molecule has 198 valence electrons. The van der Waals surface area contributed by atoms with Crippen LogP contribution in [0, 0.1) is 5.82 Å². The van der Waals surface area contributed by atoms with Gasteiger partial charge in [0.1, 0.15) is 29.5 Å². The standard InChI is InChI=1S/C24H18F4N4O5S/c25-15-2-4-21-13(7-15)8-22(37-21)38(35,36)32-6-5-19(32)23(34)29-11-16-10-18(31-12-30-16)17-3-1-14(9-20(17)33)24(26,27)28/h1-4,7-10,12,19,33H,5-6,11H2,(H,29,34). The van der Waals surface area contributed by atoms with Crippen molar-refractivity contribution in [1.82, 2.24) is 19.6 Å². The summed E-state index contributed by atoms with van der Waals surface area (Å²) in [6, 6.07) is 7.62. The number of sulfonamides is 1. The Balaban J connectivity index is 1.27. The molecule has 1 amide bonds. The molecule has 1 saturated heterocycles. The van der Waals surface area contributed by atoms with Crippen molar-refractivity contribution in [2.75, 3.05) is 6.54 Å². The lowest BCUT2D eigenvalue weighted by molar-refractivity contribution is -0.137. The van der Waals surface area contributed by atoms with Gasteiger partial charge < -0.3 is 14.8 Å². The molecule has 5 rings (SSSR count). The van der Waals surface area contributed by atoms with Crippen LogP contribution in [0.5, 0.6) is 5.75 Å². The molecule has 1 aliphatic rings. The van der Waals surface area contributed by atoms with E-state index in [1.54, 1.807) is 0 Å². The minimum atomic E-state index is -4.62. The first-order chi connectivity index (χ1) is 17.9. The van der Waals surface area contributed by atoms with Crippen LogP contribution < -0.4 is 5.32 Å². The predicted octanol–water partition coefficient (Wildman–Crippen LogP) is 3.83. The molecule has 38 heavy (non-hydrogen) atoms. The van der Waals surface area contributed by atoms with E-state index in [9.17, 15) is 35.9 Å². The van der Waals surface area contributed by atoms with Gasteiger partial charge in [0.15, 0.2) is 0 Å². The number of halogens is 4. The second-order valence-electron chi connectivity index (χ2n) is 8.51. The van der Waals surface area contributed by atoms with E-state index < -0.39 is 50.4 Å². The largest absolute Gasteiger partial charge is 0.507 e. The maximum Gasteiger partial charge on any atom is 0.416 e. The molecule has 14 heteroatoms. The van der Waals surface area contributed by atoms with Gasteiger partial charge in [-0.1, -0.05) is 0 Å². The lowest BCUT2D eigenvalue weighted by Crippen LogP contribution is -2.57. The van der Waals surface area contributed by atoms with Crippen molar-refractivity contribution in [2.24, 2.45) is 0 Å². The van der Waals surface area contributed by atoms with Crippen LogP contribution in [-0.2, 0) is 27.5 Å². The molecule has 0 radical (unpaired) electrons. The topological polar surface area (TPSA) is 126 Å². The zero-order valence-corrected chi connectivity index (χ0v) is 20.1. The molecule has 0 bridgehead atoms. The second-order valence-corrected chi connectivity index (χ2v) is 10.3. The summed E-state index contributed by atoms with van der Waals surface area (Å²) in [4.78, 5) is 20.7. The summed E-state index contributed by atoms with van der Waals surface area (Å²) < 4.78 is 84.4. The highest BCUT2D eigenvalue weighted by atomic mass is 32.2. The third-order valence-corrected chi connectivity index (χ3v) is 7.82. The maximum absolute atomic E-state index is 13.5. The van der Waals surface area contributed by atoms with Crippen LogP contribution in [-0.4, -0.2) is 46.3 Å². The van der Waals surface area contributed by atoms with Crippen molar-refractivity contribution in [3.63, 3.8) is 0 Å². The molecule has 2 N–H and O–H groups in total. The van der Waals surface area contributed by atoms with Gasteiger partial charge in [-0.2, -0.15) is 17.5 Å². The number of carbonyl (C=O) groups is 1. The minimum absolute atomic E-state index is 0.0370. The number of rotatable bonds is 6. The van der Waals surface area contributed by atoms with E-state index in [4.69, 9.17) is 4.42 Å². The number of phenols is 1. The lowest BCUT2D eigenvalue weighted by Gasteiger charge is -2.37. The van der Waals surface area contributed by atoms with Crippen LogP contribution in [0.15, 0.2) is 64.4 Å². The first kappa shape index (κ1) is 25.6. The van der Waals surface area contributed by atoms with Crippen molar-refractivity contribution in [2.45, 2.75) is 30.3 Å². The third kappa shape index (κ3) is 4.79.